The first-order valence-electron chi connectivity index (χ1n) is 3.17. The van der Waals surface area contributed by atoms with Crippen LogP contribution in [0.2, 0.25) is 0 Å². The highest BCUT2D eigenvalue weighted by molar-refractivity contribution is 14.1. The van der Waals surface area contributed by atoms with E-state index in [0.717, 1.165) is 12.8 Å². The fourth-order valence-corrected chi connectivity index (χ4v) is 1.58. The van der Waals surface area contributed by atoms with E-state index in [1.54, 1.807) is 23.0 Å². The van der Waals surface area contributed by atoms with Gasteiger partial charge in [0.2, 0.25) is 0 Å². The lowest BCUT2D eigenvalue weighted by molar-refractivity contribution is -0.135. The zero-order valence-corrected chi connectivity index (χ0v) is 7.26. The minimum absolute atomic E-state index is 0.0342. The summed E-state index contributed by atoms with van der Waals surface area (Å²) in [6.45, 7) is 0. The minimum atomic E-state index is -0.0342. The molecular weight excluding hydrogens is 231 g/mol. The summed E-state index contributed by atoms with van der Waals surface area (Å²) in [6, 6.07) is 0. The van der Waals surface area contributed by atoms with E-state index in [1.165, 1.54) is 12.8 Å². The monoisotopic (exact) mass is 240 g/mol. The topological polar surface area (TPSA) is 26.3 Å². The van der Waals surface area contributed by atoms with Gasteiger partial charge < -0.3 is 3.07 Å². The van der Waals surface area contributed by atoms with Gasteiger partial charge in [-0.1, -0.05) is 12.8 Å². The fraction of sp³-hybridized carbons (Fsp3) is 0.833. The number of hydrogen-bond donors (Lipinski definition) is 0. The molecule has 0 aliphatic heterocycles. The highest BCUT2D eigenvalue weighted by atomic mass is 127. The molecule has 1 fully saturated rings. The highest BCUT2D eigenvalue weighted by Crippen LogP contribution is 2.26. The molecule has 0 bridgehead atoms. The van der Waals surface area contributed by atoms with Gasteiger partial charge in [-0.15, -0.1) is 0 Å². The second kappa shape index (κ2) is 3.39. The SMILES string of the molecule is O=C(OI)C1CCCC1. The van der Waals surface area contributed by atoms with Crippen molar-refractivity contribution in [3.8, 4) is 0 Å². The third-order valence-electron chi connectivity index (χ3n) is 1.76. The molecule has 0 atom stereocenters. The van der Waals surface area contributed by atoms with Crippen molar-refractivity contribution >= 4 is 29.0 Å². The Hall–Kier alpha value is 0.200. The van der Waals surface area contributed by atoms with E-state index in [0.29, 0.717) is 0 Å². The molecule has 2 nitrogen and oxygen atoms in total. The summed E-state index contributed by atoms with van der Waals surface area (Å²) < 4.78 is 4.57. The van der Waals surface area contributed by atoms with Crippen molar-refractivity contribution in [2.24, 2.45) is 5.92 Å². The number of rotatable bonds is 1. The number of halogens is 1. The molecule has 3 heteroatoms. The molecule has 0 heterocycles. The van der Waals surface area contributed by atoms with Crippen LogP contribution in [-0.4, -0.2) is 5.97 Å². The highest BCUT2D eigenvalue weighted by Gasteiger charge is 2.23. The predicted octanol–water partition coefficient (Wildman–Crippen LogP) is 2.07. The lowest BCUT2D eigenvalue weighted by Crippen LogP contribution is -2.09. The molecule has 9 heavy (non-hydrogen) atoms. The Kier molecular flexibility index (Phi) is 2.75. The normalized spacial score (nSPS) is 20.1. The van der Waals surface area contributed by atoms with Crippen LogP contribution in [0.5, 0.6) is 0 Å². The van der Waals surface area contributed by atoms with Crippen molar-refractivity contribution in [2.45, 2.75) is 25.7 Å². The molecule has 1 rings (SSSR count). The van der Waals surface area contributed by atoms with E-state index in [4.69, 9.17) is 0 Å². The lowest BCUT2D eigenvalue weighted by atomic mass is 10.1. The van der Waals surface area contributed by atoms with Crippen LogP contribution in [-0.2, 0) is 7.86 Å². The lowest BCUT2D eigenvalue weighted by Gasteiger charge is -2.01. The zero-order chi connectivity index (χ0) is 6.69. The van der Waals surface area contributed by atoms with Gasteiger partial charge in [0.25, 0.3) is 0 Å². The van der Waals surface area contributed by atoms with E-state index >= 15 is 0 Å². The zero-order valence-electron chi connectivity index (χ0n) is 5.10. The first-order valence-corrected chi connectivity index (χ1v) is 4.05. The van der Waals surface area contributed by atoms with E-state index < -0.39 is 0 Å². The second-order valence-corrected chi connectivity index (χ2v) is 2.82. The Morgan fingerprint density at radius 1 is 1.44 bits per heavy atom. The van der Waals surface area contributed by atoms with Crippen LogP contribution in [0.15, 0.2) is 0 Å². The van der Waals surface area contributed by atoms with Gasteiger partial charge in [-0.2, -0.15) is 0 Å². The Morgan fingerprint density at radius 3 is 2.44 bits per heavy atom. The molecule has 0 saturated heterocycles. The van der Waals surface area contributed by atoms with Gasteiger partial charge in [0.05, 0.1) is 5.92 Å². The maximum absolute atomic E-state index is 10.8. The molecule has 0 spiro atoms. The van der Waals surface area contributed by atoms with Crippen LogP contribution < -0.4 is 0 Å². The van der Waals surface area contributed by atoms with Gasteiger partial charge in [0.15, 0.2) is 23.0 Å². The molecule has 0 N–H and O–H groups in total. The van der Waals surface area contributed by atoms with Gasteiger partial charge >= 0.3 is 5.97 Å². The van der Waals surface area contributed by atoms with Gasteiger partial charge in [0, 0.05) is 0 Å². The standard InChI is InChI=1S/C6H9IO2/c7-9-6(8)5-3-1-2-4-5/h5H,1-4H2. The molecule has 52 valence electrons. The number of hydrogen-bond acceptors (Lipinski definition) is 2. The summed E-state index contributed by atoms with van der Waals surface area (Å²) in [5.41, 5.74) is 0. The van der Waals surface area contributed by atoms with Crippen LogP contribution in [0.3, 0.4) is 0 Å². The van der Waals surface area contributed by atoms with E-state index in [9.17, 15) is 4.79 Å². The molecule has 0 aromatic rings. The average molecular weight is 240 g/mol. The van der Waals surface area contributed by atoms with Crippen LogP contribution in [0, 0.1) is 5.92 Å². The molecule has 0 aromatic heterocycles. The summed E-state index contributed by atoms with van der Waals surface area (Å²) >= 11 is 1.65. The van der Waals surface area contributed by atoms with Crippen molar-refractivity contribution < 1.29 is 7.86 Å². The Balaban J connectivity index is 2.32. The summed E-state index contributed by atoms with van der Waals surface area (Å²) in [7, 11) is 0. The van der Waals surface area contributed by atoms with Crippen molar-refractivity contribution in [3.63, 3.8) is 0 Å². The molecule has 1 saturated carbocycles. The van der Waals surface area contributed by atoms with Crippen LogP contribution in [0.4, 0.5) is 0 Å². The fourth-order valence-electron chi connectivity index (χ4n) is 1.22. The van der Waals surface area contributed by atoms with Crippen molar-refractivity contribution in [3.05, 3.63) is 0 Å². The van der Waals surface area contributed by atoms with Crippen molar-refractivity contribution in [1.82, 2.24) is 0 Å². The second-order valence-electron chi connectivity index (χ2n) is 2.38. The van der Waals surface area contributed by atoms with Gasteiger partial charge in [0.1, 0.15) is 0 Å². The smallest absolute Gasteiger partial charge is 0.318 e. The Morgan fingerprint density at radius 2 is 2.00 bits per heavy atom. The molecule has 1 aliphatic rings. The molecule has 0 radical (unpaired) electrons. The molecule has 0 amide bonds. The quantitative estimate of drug-likeness (QED) is 0.656. The predicted molar refractivity (Wildman–Crippen MR) is 42.1 cm³/mol. The van der Waals surface area contributed by atoms with Crippen LogP contribution in [0.1, 0.15) is 25.7 Å². The van der Waals surface area contributed by atoms with Gasteiger partial charge in [-0.3, -0.25) is 4.79 Å². The van der Waals surface area contributed by atoms with Gasteiger partial charge in [-0.25, -0.2) is 0 Å². The average Bonchev–Trinajstić information content (AvgIpc) is 2.37. The molecule has 0 aromatic carbocycles. The number of carbonyl (C=O) groups is 1. The van der Waals surface area contributed by atoms with E-state index in [1.807, 2.05) is 0 Å². The first-order chi connectivity index (χ1) is 4.34. The van der Waals surface area contributed by atoms with E-state index in [2.05, 4.69) is 3.07 Å². The third-order valence-corrected chi connectivity index (χ3v) is 2.20. The van der Waals surface area contributed by atoms with Crippen LogP contribution >= 0.6 is 23.0 Å². The summed E-state index contributed by atoms with van der Waals surface area (Å²) in [6.07, 6.45) is 4.44. The Bertz CT molecular complexity index is 108. The van der Waals surface area contributed by atoms with Crippen molar-refractivity contribution in [2.75, 3.05) is 0 Å². The minimum Gasteiger partial charge on any atom is -0.394 e. The summed E-state index contributed by atoms with van der Waals surface area (Å²) in [5, 5.41) is 0. The summed E-state index contributed by atoms with van der Waals surface area (Å²) in [4.78, 5) is 10.8. The van der Waals surface area contributed by atoms with Crippen molar-refractivity contribution in [1.29, 1.82) is 0 Å². The molecule has 1 aliphatic carbocycles. The number of carbonyl (C=O) groups excluding carboxylic acids is 1. The van der Waals surface area contributed by atoms with Crippen LogP contribution in [0.25, 0.3) is 0 Å². The van der Waals surface area contributed by atoms with Gasteiger partial charge in [-0.05, 0) is 12.8 Å². The maximum atomic E-state index is 10.8. The molecular formula is C6H9IO2. The maximum Gasteiger partial charge on any atom is 0.318 e. The van der Waals surface area contributed by atoms with E-state index in [-0.39, 0.29) is 11.9 Å². The molecule has 0 unspecified atom stereocenters. The summed E-state index contributed by atoms with van der Waals surface area (Å²) in [5.74, 6) is 0.176. The largest absolute Gasteiger partial charge is 0.394 e. The third kappa shape index (κ3) is 1.81. The Labute approximate surface area is 68.6 Å². The first kappa shape index (κ1) is 7.31.